The van der Waals surface area contributed by atoms with Gasteiger partial charge in [-0.2, -0.15) is 0 Å². The lowest BCUT2D eigenvalue weighted by atomic mass is 10.7. The normalized spacial score (nSPS) is 8.73. The molecule has 11 heavy (non-hydrogen) atoms. The van der Waals surface area contributed by atoms with Crippen molar-refractivity contribution < 1.29 is 24.2 Å². The first kappa shape index (κ1) is 13.4. The van der Waals surface area contributed by atoms with Gasteiger partial charge in [0.2, 0.25) is 0 Å². The number of hydrogen-bond acceptors (Lipinski definition) is 3. The van der Waals surface area contributed by atoms with Crippen LogP contribution in [0.3, 0.4) is 0 Å². The molecule has 6 heteroatoms. The lowest BCUT2D eigenvalue weighted by Gasteiger charge is -1.92. The van der Waals surface area contributed by atoms with Gasteiger partial charge >= 0.3 is 8.25 Å². The molecule has 68 valence electrons. The summed E-state index contributed by atoms with van der Waals surface area (Å²) in [5.74, 6) is 0. The number of ether oxygens (including phenoxy) is 1. The highest BCUT2D eigenvalue weighted by molar-refractivity contribution is 7.30. The Kier molecular flexibility index (Phi) is 15.2. The number of aliphatic hydroxyl groups excluding tert-OH is 1. The van der Waals surface area contributed by atoms with Gasteiger partial charge in [0.25, 0.3) is 0 Å². The topological polar surface area (TPSA) is 87.0 Å². The molecule has 0 rings (SSSR count). The summed E-state index contributed by atoms with van der Waals surface area (Å²) in [5.41, 5.74) is 0. The summed E-state index contributed by atoms with van der Waals surface area (Å²) in [4.78, 5) is 14.3. The minimum atomic E-state index is -3.13. The van der Waals surface area contributed by atoms with Gasteiger partial charge in [-0.25, -0.2) is 0 Å². The molecule has 0 spiro atoms. The zero-order valence-corrected chi connectivity index (χ0v) is 7.06. The van der Waals surface area contributed by atoms with E-state index in [4.69, 9.17) is 24.2 Å². The molecule has 0 aromatic rings. The first-order chi connectivity index (χ1) is 5.15. The summed E-state index contributed by atoms with van der Waals surface area (Å²) < 4.78 is 13.5. The van der Waals surface area contributed by atoms with Crippen LogP contribution in [0, 0.1) is 0 Å². The second kappa shape index (κ2) is 12.5. The average molecular weight is 184 g/mol. The third kappa shape index (κ3) is 41.2. The molecule has 0 aliphatic rings. The van der Waals surface area contributed by atoms with Crippen LogP contribution >= 0.6 is 8.25 Å². The minimum absolute atomic E-state index is 0.0911. The molecule has 0 unspecified atom stereocenters. The van der Waals surface area contributed by atoms with E-state index in [2.05, 4.69) is 6.58 Å². The fourth-order valence-electron chi connectivity index (χ4n) is 0.231. The lowest BCUT2D eigenvalue weighted by molar-refractivity contribution is 0.112. The summed E-state index contributed by atoms with van der Waals surface area (Å²) >= 11 is 0. The molecule has 0 heterocycles. The Balaban J connectivity index is 0. The molecule has 0 saturated heterocycles. The van der Waals surface area contributed by atoms with Gasteiger partial charge in [-0.05, 0) is 0 Å². The van der Waals surface area contributed by atoms with Gasteiger partial charge in [0.1, 0.15) is 0 Å². The molecule has 0 bridgehead atoms. The largest absolute Gasteiger partial charge is 0.394 e. The monoisotopic (exact) mass is 184 g/mol. The van der Waals surface area contributed by atoms with E-state index in [0.717, 1.165) is 0 Å². The van der Waals surface area contributed by atoms with E-state index < -0.39 is 8.25 Å². The zero-order valence-electron chi connectivity index (χ0n) is 6.06. The van der Waals surface area contributed by atoms with Crippen LogP contribution in [0.25, 0.3) is 0 Å². The Hall–Kier alpha value is -0.190. The average Bonchev–Trinajstić information content (AvgIpc) is 1.88. The third-order valence-corrected chi connectivity index (χ3v) is 0.471. The van der Waals surface area contributed by atoms with Gasteiger partial charge in [0.15, 0.2) is 0 Å². The molecule has 0 aromatic carbocycles. The molecule has 0 atom stereocenters. The predicted octanol–water partition coefficient (Wildman–Crippen LogP) is -0.458. The zero-order chi connectivity index (χ0) is 9.11. The molecule has 0 radical (unpaired) electrons. The quantitative estimate of drug-likeness (QED) is 0.312. The van der Waals surface area contributed by atoms with Gasteiger partial charge in [-0.3, -0.25) is 4.57 Å². The van der Waals surface area contributed by atoms with Crippen LogP contribution in [-0.4, -0.2) is 34.7 Å². The highest BCUT2D eigenvalue weighted by atomic mass is 31.1. The van der Waals surface area contributed by atoms with Crippen molar-refractivity contribution in [3.05, 3.63) is 12.7 Å². The van der Waals surface area contributed by atoms with E-state index >= 15 is 0 Å². The fraction of sp³-hybridized carbons (Fsp3) is 0.600. The van der Waals surface area contributed by atoms with Gasteiger partial charge < -0.3 is 19.6 Å². The Morgan fingerprint density at radius 1 is 1.55 bits per heavy atom. The molecule has 0 aliphatic carbocycles. The summed E-state index contributed by atoms with van der Waals surface area (Å²) in [5, 5.41) is 8.13. The minimum Gasteiger partial charge on any atom is -0.394 e. The molecule has 0 saturated carbocycles. The maximum absolute atomic E-state index is 8.74. The van der Waals surface area contributed by atoms with E-state index in [0.29, 0.717) is 13.2 Å². The second-order valence-corrected chi connectivity index (χ2v) is 1.93. The molecule has 0 amide bonds. The van der Waals surface area contributed by atoms with Crippen LogP contribution in [0.5, 0.6) is 0 Å². The van der Waals surface area contributed by atoms with Crippen molar-refractivity contribution in [3.8, 4) is 0 Å². The van der Waals surface area contributed by atoms with Crippen LogP contribution in [0.2, 0.25) is 0 Å². The maximum Gasteiger partial charge on any atom is 0.314 e. The Bertz CT molecular complexity index is 101. The standard InChI is InChI=1S/C5H10O2.H3O3P/c1-2-4-7-5-3-6;1-4(2)3/h2,6H,1,3-5H2;4H,(H2,1,2,3). The molecule has 3 N–H and O–H groups in total. The van der Waals surface area contributed by atoms with Crippen molar-refractivity contribution in [3.63, 3.8) is 0 Å². The highest BCUT2D eigenvalue weighted by Crippen LogP contribution is 1.98. The molecular formula is C5H13O5P. The van der Waals surface area contributed by atoms with Crippen LogP contribution < -0.4 is 0 Å². The number of rotatable bonds is 4. The molecule has 0 aliphatic heterocycles. The Labute approximate surface area is 65.9 Å². The highest BCUT2D eigenvalue weighted by Gasteiger charge is 1.75. The van der Waals surface area contributed by atoms with Gasteiger partial charge in [-0.15, -0.1) is 6.58 Å². The van der Waals surface area contributed by atoms with E-state index in [1.807, 2.05) is 0 Å². The van der Waals surface area contributed by atoms with Crippen LogP contribution in [0.1, 0.15) is 0 Å². The van der Waals surface area contributed by atoms with Gasteiger partial charge in [0, 0.05) is 0 Å². The second-order valence-electron chi connectivity index (χ2n) is 1.37. The first-order valence-electron chi connectivity index (χ1n) is 2.86. The van der Waals surface area contributed by atoms with E-state index in [-0.39, 0.29) is 6.61 Å². The van der Waals surface area contributed by atoms with Crippen molar-refractivity contribution in [1.82, 2.24) is 0 Å². The van der Waals surface area contributed by atoms with Crippen LogP contribution in [0.15, 0.2) is 12.7 Å². The molecule has 0 aromatic heterocycles. The maximum atomic E-state index is 8.74. The summed E-state index contributed by atoms with van der Waals surface area (Å²) in [6.07, 6.45) is 1.65. The smallest absolute Gasteiger partial charge is 0.314 e. The SMILES string of the molecule is C=CCOCCO.O=[PH](O)O. The van der Waals surface area contributed by atoms with Crippen LogP contribution in [0.4, 0.5) is 0 Å². The van der Waals surface area contributed by atoms with Crippen molar-refractivity contribution in [2.45, 2.75) is 0 Å². The van der Waals surface area contributed by atoms with E-state index in [1.165, 1.54) is 0 Å². The first-order valence-corrected chi connectivity index (χ1v) is 4.16. The fourth-order valence-corrected chi connectivity index (χ4v) is 0.231. The van der Waals surface area contributed by atoms with Crippen LogP contribution in [-0.2, 0) is 9.30 Å². The predicted molar refractivity (Wildman–Crippen MR) is 41.5 cm³/mol. The van der Waals surface area contributed by atoms with Crippen molar-refractivity contribution in [1.29, 1.82) is 0 Å². The summed E-state index contributed by atoms with van der Waals surface area (Å²) in [6, 6.07) is 0. The Morgan fingerprint density at radius 2 is 2.00 bits per heavy atom. The Morgan fingerprint density at radius 3 is 2.27 bits per heavy atom. The van der Waals surface area contributed by atoms with E-state index in [9.17, 15) is 0 Å². The van der Waals surface area contributed by atoms with Gasteiger partial charge in [-0.1, -0.05) is 6.08 Å². The van der Waals surface area contributed by atoms with Crippen molar-refractivity contribution in [2.24, 2.45) is 0 Å². The summed E-state index contributed by atoms with van der Waals surface area (Å²) in [6.45, 7) is 4.45. The van der Waals surface area contributed by atoms with E-state index in [1.54, 1.807) is 6.08 Å². The lowest BCUT2D eigenvalue weighted by Crippen LogP contribution is -1.97. The van der Waals surface area contributed by atoms with Gasteiger partial charge in [0.05, 0.1) is 19.8 Å². The summed E-state index contributed by atoms with van der Waals surface area (Å²) in [7, 11) is -3.13. The third-order valence-electron chi connectivity index (χ3n) is 0.471. The van der Waals surface area contributed by atoms with Crippen molar-refractivity contribution >= 4 is 8.25 Å². The molecule has 5 nitrogen and oxygen atoms in total. The number of aliphatic hydroxyl groups is 1. The molecule has 0 fully saturated rings. The molecular weight excluding hydrogens is 171 g/mol. The number of hydrogen-bond donors (Lipinski definition) is 3. The van der Waals surface area contributed by atoms with Crippen molar-refractivity contribution in [2.75, 3.05) is 19.8 Å².